The maximum absolute atomic E-state index is 12.7. The zero-order valence-corrected chi connectivity index (χ0v) is 15.9. The van der Waals surface area contributed by atoms with E-state index in [0.29, 0.717) is 5.56 Å². The van der Waals surface area contributed by atoms with Gasteiger partial charge in [-0.1, -0.05) is 30.4 Å². The minimum atomic E-state index is -0.179. The third-order valence-corrected chi connectivity index (χ3v) is 6.09. The molecule has 0 spiro atoms. The lowest BCUT2D eigenvalue weighted by atomic mass is 10.1. The average Bonchev–Trinajstić information content (AvgIpc) is 2.84. The molecule has 124 valence electrons. The number of fused-ring (bicyclic) bond motifs is 1. The molecule has 0 unspecified atom stereocenters. The van der Waals surface area contributed by atoms with Gasteiger partial charge >= 0.3 is 0 Å². The summed E-state index contributed by atoms with van der Waals surface area (Å²) in [7, 11) is 1.96. The van der Waals surface area contributed by atoms with Crippen LogP contribution >= 0.6 is 23.1 Å². The second kappa shape index (κ2) is 6.95. The molecule has 0 aliphatic heterocycles. The van der Waals surface area contributed by atoms with Crippen LogP contribution in [0, 0.1) is 13.8 Å². The molecule has 3 rings (SSSR count). The zero-order valence-electron chi connectivity index (χ0n) is 14.3. The number of amides is 1. The van der Waals surface area contributed by atoms with Gasteiger partial charge in [-0.2, -0.15) is 4.99 Å². The van der Waals surface area contributed by atoms with Gasteiger partial charge < -0.3 is 4.57 Å². The predicted octanol–water partition coefficient (Wildman–Crippen LogP) is 4.71. The Morgan fingerprint density at radius 1 is 1.21 bits per heavy atom. The quantitative estimate of drug-likeness (QED) is 0.637. The minimum Gasteiger partial charge on any atom is -0.319 e. The van der Waals surface area contributed by atoms with Crippen molar-refractivity contribution in [3.05, 3.63) is 57.9 Å². The van der Waals surface area contributed by atoms with Gasteiger partial charge in [-0.05, 0) is 55.0 Å². The maximum atomic E-state index is 12.7. The Morgan fingerprint density at radius 3 is 2.67 bits per heavy atom. The van der Waals surface area contributed by atoms with Crippen molar-refractivity contribution in [2.24, 2.45) is 12.0 Å². The SMILES string of the molecule is CCSc1ccccc1C(=O)N=c1sc2cc(C)c(C)cc2n1C. The number of carbonyl (C=O) groups excluding carboxylic acids is 1. The molecule has 0 bridgehead atoms. The first-order chi connectivity index (χ1) is 11.5. The fourth-order valence-corrected chi connectivity index (χ4v) is 4.45. The van der Waals surface area contributed by atoms with Crippen LogP contribution in [0.1, 0.15) is 28.4 Å². The van der Waals surface area contributed by atoms with Crippen LogP contribution in [0.2, 0.25) is 0 Å². The van der Waals surface area contributed by atoms with Gasteiger partial charge in [0.2, 0.25) is 0 Å². The molecule has 5 heteroatoms. The molecule has 1 heterocycles. The summed E-state index contributed by atoms with van der Waals surface area (Å²) in [5.74, 6) is 0.752. The van der Waals surface area contributed by atoms with E-state index in [4.69, 9.17) is 0 Å². The van der Waals surface area contributed by atoms with Crippen molar-refractivity contribution in [2.45, 2.75) is 25.7 Å². The highest BCUT2D eigenvalue weighted by molar-refractivity contribution is 7.99. The van der Waals surface area contributed by atoms with Crippen LogP contribution in [0.15, 0.2) is 46.3 Å². The first-order valence-corrected chi connectivity index (χ1v) is 9.69. The van der Waals surface area contributed by atoms with Gasteiger partial charge in [0.1, 0.15) is 0 Å². The van der Waals surface area contributed by atoms with Crippen molar-refractivity contribution in [3.8, 4) is 0 Å². The summed E-state index contributed by atoms with van der Waals surface area (Å²) >= 11 is 3.23. The fourth-order valence-electron chi connectivity index (χ4n) is 2.56. The van der Waals surface area contributed by atoms with E-state index >= 15 is 0 Å². The number of thioether (sulfide) groups is 1. The first-order valence-electron chi connectivity index (χ1n) is 7.89. The molecule has 3 nitrogen and oxygen atoms in total. The Hall–Kier alpha value is -1.85. The number of thiazole rings is 1. The average molecular weight is 357 g/mol. The third kappa shape index (κ3) is 3.19. The highest BCUT2D eigenvalue weighted by atomic mass is 32.2. The molecule has 0 saturated heterocycles. The van der Waals surface area contributed by atoms with Crippen molar-refractivity contribution >= 4 is 39.2 Å². The largest absolute Gasteiger partial charge is 0.319 e. The fraction of sp³-hybridized carbons (Fsp3) is 0.263. The summed E-state index contributed by atoms with van der Waals surface area (Å²) in [4.78, 5) is 18.8. The summed E-state index contributed by atoms with van der Waals surface area (Å²) in [6, 6.07) is 12.0. The molecule has 2 aromatic carbocycles. The number of aromatic nitrogens is 1. The molecule has 1 amide bonds. The molecule has 0 saturated carbocycles. The smallest absolute Gasteiger partial charge is 0.280 e. The molecule has 3 aromatic rings. The van der Waals surface area contributed by atoms with E-state index in [1.165, 1.54) is 11.1 Å². The standard InChI is InChI=1S/C19H20N2OS2/c1-5-23-16-9-7-6-8-14(16)18(22)20-19-21(4)15-10-12(2)13(3)11-17(15)24-19/h6-11H,5H2,1-4H3. The van der Waals surface area contributed by atoms with Crippen molar-refractivity contribution in [1.82, 2.24) is 4.57 Å². The monoisotopic (exact) mass is 356 g/mol. The second-order valence-corrected chi connectivity index (χ2v) is 8.01. The number of nitrogens with zero attached hydrogens (tertiary/aromatic N) is 2. The van der Waals surface area contributed by atoms with E-state index in [-0.39, 0.29) is 5.91 Å². The Balaban J connectivity index is 2.10. The Kier molecular flexibility index (Phi) is 4.92. The molecular weight excluding hydrogens is 336 g/mol. The predicted molar refractivity (Wildman–Crippen MR) is 103 cm³/mol. The summed E-state index contributed by atoms with van der Waals surface area (Å²) in [5, 5.41) is 0. The minimum absolute atomic E-state index is 0.179. The topological polar surface area (TPSA) is 34.4 Å². The van der Waals surface area contributed by atoms with Crippen molar-refractivity contribution < 1.29 is 4.79 Å². The lowest BCUT2D eigenvalue weighted by Gasteiger charge is -2.03. The van der Waals surface area contributed by atoms with Gasteiger partial charge in [-0.3, -0.25) is 4.79 Å². The lowest BCUT2D eigenvalue weighted by molar-refractivity contribution is 0.0995. The number of hydrogen-bond donors (Lipinski definition) is 0. The highest BCUT2D eigenvalue weighted by Gasteiger charge is 2.11. The van der Waals surface area contributed by atoms with Crippen molar-refractivity contribution in [3.63, 3.8) is 0 Å². The van der Waals surface area contributed by atoms with Gasteiger partial charge in [0.15, 0.2) is 4.80 Å². The molecule has 0 atom stereocenters. The Labute approximate surface area is 150 Å². The number of rotatable bonds is 3. The third-order valence-electron chi connectivity index (χ3n) is 4.04. The zero-order chi connectivity index (χ0) is 17.3. The molecule has 0 radical (unpaired) electrons. The van der Waals surface area contributed by atoms with Crippen LogP contribution in [-0.2, 0) is 7.05 Å². The molecule has 0 fully saturated rings. The number of aryl methyl sites for hydroxylation is 3. The maximum Gasteiger partial charge on any atom is 0.280 e. The van der Waals surface area contributed by atoms with E-state index < -0.39 is 0 Å². The summed E-state index contributed by atoms with van der Waals surface area (Å²) < 4.78 is 3.16. The molecule has 1 aromatic heterocycles. The number of benzene rings is 2. The Bertz CT molecular complexity index is 983. The lowest BCUT2D eigenvalue weighted by Crippen LogP contribution is -2.13. The van der Waals surface area contributed by atoms with E-state index in [0.717, 1.165) is 25.7 Å². The Morgan fingerprint density at radius 2 is 1.92 bits per heavy atom. The molecule has 24 heavy (non-hydrogen) atoms. The van der Waals surface area contributed by atoms with E-state index in [2.05, 4.69) is 37.9 Å². The van der Waals surface area contributed by atoms with Gasteiger partial charge in [0, 0.05) is 11.9 Å². The first kappa shape index (κ1) is 17.0. The van der Waals surface area contributed by atoms with Crippen LogP contribution in [0.4, 0.5) is 0 Å². The van der Waals surface area contributed by atoms with Gasteiger partial charge in [0.25, 0.3) is 5.91 Å². The molecule has 0 N–H and O–H groups in total. The van der Waals surface area contributed by atoms with E-state index in [1.54, 1.807) is 23.1 Å². The van der Waals surface area contributed by atoms with Crippen LogP contribution in [0.5, 0.6) is 0 Å². The van der Waals surface area contributed by atoms with Crippen molar-refractivity contribution in [2.75, 3.05) is 5.75 Å². The van der Waals surface area contributed by atoms with Crippen LogP contribution in [-0.4, -0.2) is 16.2 Å². The normalized spacial score (nSPS) is 12.1. The van der Waals surface area contributed by atoms with Gasteiger partial charge in [-0.15, -0.1) is 11.8 Å². The number of hydrogen-bond acceptors (Lipinski definition) is 3. The second-order valence-electron chi connectivity index (χ2n) is 5.69. The van der Waals surface area contributed by atoms with Crippen LogP contribution < -0.4 is 4.80 Å². The highest BCUT2D eigenvalue weighted by Crippen LogP contribution is 2.24. The van der Waals surface area contributed by atoms with E-state index in [1.807, 2.05) is 35.9 Å². The summed E-state index contributed by atoms with van der Waals surface area (Å²) in [6.07, 6.45) is 0. The van der Waals surface area contributed by atoms with E-state index in [9.17, 15) is 4.79 Å². The van der Waals surface area contributed by atoms with Gasteiger partial charge in [0.05, 0.1) is 15.8 Å². The van der Waals surface area contributed by atoms with Crippen molar-refractivity contribution in [1.29, 1.82) is 0 Å². The van der Waals surface area contributed by atoms with Gasteiger partial charge in [-0.25, -0.2) is 0 Å². The molecule has 0 aliphatic carbocycles. The van der Waals surface area contributed by atoms with Crippen LogP contribution in [0.3, 0.4) is 0 Å². The molecule has 0 aliphatic rings. The summed E-state index contributed by atoms with van der Waals surface area (Å²) in [6.45, 7) is 6.29. The van der Waals surface area contributed by atoms with Crippen LogP contribution in [0.25, 0.3) is 10.2 Å². The summed E-state index contributed by atoms with van der Waals surface area (Å²) in [5.41, 5.74) is 4.30. The number of carbonyl (C=O) groups is 1. The molecular formula is C19H20N2OS2.